The van der Waals surface area contributed by atoms with Crippen LogP contribution in [0.15, 0.2) is 48.5 Å². The molecule has 0 spiro atoms. The minimum Gasteiger partial charge on any atom is -0.495 e. The fourth-order valence-electron chi connectivity index (χ4n) is 3.04. The minimum absolute atomic E-state index is 0.216. The van der Waals surface area contributed by atoms with Gasteiger partial charge >= 0.3 is 0 Å². The lowest BCUT2D eigenvalue weighted by molar-refractivity contribution is -0.120. The molecule has 0 saturated heterocycles. The number of methoxy groups -OCH3 is 1. The van der Waals surface area contributed by atoms with Crippen molar-refractivity contribution in [2.45, 2.75) is 26.3 Å². The molecule has 1 amide bonds. The molecule has 2 aromatic rings. The fraction of sp³-hybridized carbons (Fsp3) is 0.381. The molecular formula is C21H27ClN2O4S. The standard InChI is InChI=1S/C21H27ClN2O4S/c1-15(2)12-18(16-8-6-5-7-9-16)23-21(25)14-24(29(4,26)27)19-13-17(22)10-11-20(19)28-3/h5-11,13,15,18H,12,14H2,1-4H3,(H,23,25)/t18-/m0/s1. The van der Waals surface area contributed by atoms with Gasteiger partial charge in [0.15, 0.2) is 0 Å². The Morgan fingerprint density at radius 2 is 1.83 bits per heavy atom. The number of benzene rings is 2. The summed E-state index contributed by atoms with van der Waals surface area (Å²) in [6.07, 6.45) is 1.78. The molecule has 0 unspecified atom stereocenters. The van der Waals surface area contributed by atoms with E-state index >= 15 is 0 Å². The monoisotopic (exact) mass is 438 g/mol. The van der Waals surface area contributed by atoms with Crippen molar-refractivity contribution in [1.29, 1.82) is 0 Å². The Hall–Kier alpha value is -2.25. The molecule has 0 aromatic heterocycles. The molecule has 0 aliphatic rings. The second-order valence-corrected chi connectivity index (χ2v) is 9.59. The molecule has 0 fully saturated rings. The third kappa shape index (κ3) is 6.65. The Balaban J connectivity index is 2.29. The predicted octanol–water partition coefficient (Wildman–Crippen LogP) is 4.02. The Labute approximate surface area is 177 Å². The zero-order chi connectivity index (χ0) is 21.6. The fourth-order valence-corrected chi connectivity index (χ4v) is 4.06. The second kappa shape index (κ2) is 9.98. The minimum atomic E-state index is -3.75. The summed E-state index contributed by atoms with van der Waals surface area (Å²) in [7, 11) is -2.32. The number of anilines is 1. The summed E-state index contributed by atoms with van der Waals surface area (Å²) < 4.78 is 31.1. The van der Waals surface area contributed by atoms with E-state index < -0.39 is 15.9 Å². The molecule has 0 aliphatic heterocycles. The van der Waals surface area contributed by atoms with Crippen molar-refractivity contribution in [3.8, 4) is 5.75 Å². The van der Waals surface area contributed by atoms with Gasteiger partial charge in [0.25, 0.3) is 0 Å². The number of hydrogen-bond acceptors (Lipinski definition) is 4. The first-order chi connectivity index (χ1) is 13.6. The lowest BCUT2D eigenvalue weighted by Gasteiger charge is -2.26. The van der Waals surface area contributed by atoms with Gasteiger partial charge in [0.1, 0.15) is 12.3 Å². The summed E-state index contributed by atoms with van der Waals surface area (Å²) in [5.41, 5.74) is 1.19. The van der Waals surface area contributed by atoms with Crippen LogP contribution in [-0.2, 0) is 14.8 Å². The van der Waals surface area contributed by atoms with E-state index in [1.807, 2.05) is 30.3 Å². The van der Waals surface area contributed by atoms with Gasteiger partial charge in [-0.2, -0.15) is 0 Å². The summed E-state index contributed by atoms with van der Waals surface area (Å²) in [5, 5.41) is 3.31. The van der Waals surface area contributed by atoms with Crippen molar-refractivity contribution < 1.29 is 17.9 Å². The zero-order valence-electron chi connectivity index (χ0n) is 17.1. The van der Waals surface area contributed by atoms with E-state index in [1.54, 1.807) is 12.1 Å². The van der Waals surface area contributed by atoms with Crippen molar-refractivity contribution in [3.63, 3.8) is 0 Å². The number of nitrogens with one attached hydrogen (secondary N) is 1. The molecule has 6 nitrogen and oxygen atoms in total. The summed E-state index contributed by atoms with van der Waals surface area (Å²) in [6, 6.07) is 14.0. The number of carbonyl (C=O) groups excluding carboxylic acids is 1. The topological polar surface area (TPSA) is 75.7 Å². The molecule has 0 saturated carbocycles. The van der Waals surface area contributed by atoms with Crippen LogP contribution in [0, 0.1) is 5.92 Å². The van der Waals surface area contributed by atoms with Crippen LogP contribution in [0.3, 0.4) is 0 Å². The number of nitrogens with zero attached hydrogens (tertiary/aromatic N) is 1. The number of sulfonamides is 1. The molecule has 2 rings (SSSR count). The van der Waals surface area contributed by atoms with E-state index in [0.29, 0.717) is 16.7 Å². The van der Waals surface area contributed by atoms with Gasteiger partial charge in [0.2, 0.25) is 15.9 Å². The van der Waals surface area contributed by atoms with Gasteiger partial charge in [-0.1, -0.05) is 55.8 Å². The van der Waals surface area contributed by atoms with Gasteiger partial charge in [-0.25, -0.2) is 8.42 Å². The molecular weight excluding hydrogens is 412 g/mol. The molecule has 2 aromatic carbocycles. The largest absolute Gasteiger partial charge is 0.495 e. The van der Waals surface area contributed by atoms with Gasteiger partial charge in [-0.3, -0.25) is 9.10 Å². The van der Waals surface area contributed by atoms with Crippen molar-refractivity contribution in [2.75, 3.05) is 24.2 Å². The maximum Gasteiger partial charge on any atom is 0.241 e. The lowest BCUT2D eigenvalue weighted by Crippen LogP contribution is -2.42. The van der Waals surface area contributed by atoms with E-state index in [2.05, 4.69) is 19.2 Å². The first-order valence-corrected chi connectivity index (χ1v) is 11.5. The molecule has 1 atom stereocenters. The zero-order valence-corrected chi connectivity index (χ0v) is 18.6. The number of ether oxygens (including phenoxy) is 1. The highest BCUT2D eigenvalue weighted by molar-refractivity contribution is 7.92. The van der Waals surface area contributed by atoms with Crippen LogP contribution in [0.1, 0.15) is 31.9 Å². The quantitative estimate of drug-likeness (QED) is 0.641. The number of rotatable bonds is 9. The summed E-state index contributed by atoms with van der Waals surface area (Å²) >= 11 is 6.05. The van der Waals surface area contributed by atoms with Crippen LogP contribution in [0.2, 0.25) is 5.02 Å². The first-order valence-electron chi connectivity index (χ1n) is 9.27. The highest BCUT2D eigenvalue weighted by Gasteiger charge is 2.26. The highest BCUT2D eigenvalue weighted by Crippen LogP contribution is 2.32. The maximum absolute atomic E-state index is 12.8. The Bertz CT molecular complexity index is 933. The number of amides is 1. The van der Waals surface area contributed by atoms with Gasteiger partial charge in [-0.05, 0) is 36.1 Å². The van der Waals surface area contributed by atoms with E-state index in [4.69, 9.17) is 16.3 Å². The van der Waals surface area contributed by atoms with Crippen LogP contribution in [0.5, 0.6) is 5.75 Å². The SMILES string of the molecule is COc1ccc(Cl)cc1N(CC(=O)N[C@@H](CC(C)C)c1ccccc1)S(C)(=O)=O. The number of hydrogen-bond donors (Lipinski definition) is 1. The van der Waals surface area contributed by atoms with Crippen LogP contribution in [-0.4, -0.2) is 34.2 Å². The summed E-state index contributed by atoms with van der Waals surface area (Å²) in [4.78, 5) is 12.8. The Morgan fingerprint density at radius 3 is 2.38 bits per heavy atom. The normalized spacial score (nSPS) is 12.5. The average molecular weight is 439 g/mol. The van der Waals surface area contributed by atoms with Gasteiger partial charge in [0, 0.05) is 5.02 Å². The maximum atomic E-state index is 12.8. The van der Waals surface area contributed by atoms with Gasteiger partial charge < -0.3 is 10.1 Å². The molecule has 0 heterocycles. The lowest BCUT2D eigenvalue weighted by atomic mass is 9.97. The molecule has 8 heteroatoms. The highest BCUT2D eigenvalue weighted by atomic mass is 35.5. The Morgan fingerprint density at radius 1 is 1.17 bits per heavy atom. The predicted molar refractivity (Wildman–Crippen MR) is 117 cm³/mol. The van der Waals surface area contributed by atoms with Gasteiger partial charge in [-0.15, -0.1) is 0 Å². The number of carbonyl (C=O) groups is 1. The third-order valence-electron chi connectivity index (χ3n) is 4.34. The number of halogens is 1. The second-order valence-electron chi connectivity index (χ2n) is 7.25. The van der Waals surface area contributed by atoms with Crippen LogP contribution >= 0.6 is 11.6 Å². The van der Waals surface area contributed by atoms with Crippen molar-refractivity contribution in [2.24, 2.45) is 5.92 Å². The van der Waals surface area contributed by atoms with E-state index in [-0.39, 0.29) is 18.3 Å². The van der Waals surface area contributed by atoms with E-state index in [9.17, 15) is 13.2 Å². The van der Waals surface area contributed by atoms with Crippen LogP contribution < -0.4 is 14.4 Å². The smallest absolute Gasteiger partial charge is 0.241 e. The molecule has 0 aliphatic carbocycles. The van der Waals surface area contributed by atoms with Crippen LogP contribution in [0.4, 0.5) is 5.69 Å². The Kier molecular flexibility index (Phi) is 7.93. The molecule has 0 radical (unpaired) electrons. The summed E-state index contributed by atoms with van der Waals surface area (Å²) in [5.74, 6) is 0.251. The molecule has 0 bridgehead atoms. The third-order valence-corrected chi connectivity index (χ3v) is 5.70. The van der Waals surface area contributed by atoms with Crippen molar-refractivity contribution >= 4 is 33.2 Å². The van der Waals surface area contributed by atoms with Gasteiger partial charge in [0.05, 0.1) is 25.1 Å². The first kappa shape index (κ1) is 23.0. The van der Waals surface area contributed by atoms with E-state index in [0.717, 1.165) is 22.5 Å². The van der Waals surface area contributed by atoms with Crippen LogP contribution in [0.25, 0.3) is 0 Å². The van der Waals surface area contributed by atoms with E-state index in [1.165, 1.54) is 13.2 Å². The molecule has 1 N–H and O–H groups in total. The summed E-state index contributed by atoms with van der Waals surface area (Å²) in [6.45, 7) is 3.76. The molecule has 29 heavy (non-hydrogen) atoms. The van der Waals surface area contributed by atoms with Crippen molar-refractivity contribution in [1.82, 2.24) is 5.32 Å². The van der Waals surface area contributed by atoms with Crippen molar-refractivity contribution in [3.05, 3.63) is 59.1 Å². The average Bonchev–Trinajstić information content (AvgIpc) is 2.65. The molecule has 158 valence electrons.